The van der Waals surface area contributed by atoms with Crippen LogP contribution >= 0.6 is 22.9 Å². The van der Waals surface area contributed by atoms with Gasteiger partial charge in [-0.25, -0.2) is 4.98 Å². The van der Waals surface area contributed by atoms with Crippen molar-refractivity contribution < 1.29 is 0 Å². The Balaban J connectivity index is 2.52. The molecule has 0 bridgehead atoms. The van der Waals surface area contributed by atoms with Crippen LogP contribution in [0.15, 0.2) is 18.2 Å². The van der Waals surface area contributed by atoms with E-state index < -0.39 is 0 Å². The molecule has 86 valence electrons. The first-order chi connectivity index (χ1) is 7.39. The van der Waals surface area contributed by atoms with Crippen molar-refractivity contribution in [3.63, 3.8) is 0 Å². The fraction of sp³-hybridized carbons (Fsp3) is 0.417. The molecule has 2 rings (SSSR count). The van der Waals surface area contributed by atoms with Gasteiger partial charge >= 0.3 is 0 Å². The second-order valence-corrected chi connectivity index (χ2v) is 6.42. The number of hydrogen-bond donors (Lipinski definition) is 1. The number of nitrogens with two attached hydrogens (primary N) is 1. The SMILES string of the molecule is CC(C)(C)C(N)c1nc2cccc(Cl)c2s1. The van der Waals surface area contributed by atoms with Crippen molar-refractivity contribution in [2.75, 3.05) is 0 Å². The zero-order valence-electron chi connectivity index (χ0n) is 9.62. The molecule has 1 aromatic carbocycles. The minimum absolute atomic E-state index is 0.0142. The molecule has 0 amide bonds. The van der Waals surface area contributed by atoms with Gasteiger partial charge in [0.1, 0.15) is 5.01 Å². The van der Waals surface area contributed by atoms with Gasteiger partial charge in [-0.3, -0.25) is 0 Å². The lowest BCUT2D eigenvalue weighted by Gasteiger charge is -2.24. The van der Waals surface area contributed by atoms with Crippen LogP contribution < -0.4 is 5.73 Å². The number of fused-ring (bicyclic) bond motifs is 1. The molecule has 0 aliphatic heterocycles. The molecule has 4 heteroatoms. The minimum Gasteiger partial charge on any atom is -0.322 e. The summed E-state index contributed by atoms with van der Waals surface area (Å²) in [5.74, 6) is 0. The van der Waals surface area contributed by atoms with E-state index in [4.69, 9.17) is 17.3 Å². The topological polar surface area (TPSA) is 38.9 Å². The van der Waals surface area contributed by atoms with Crippen molar-refractivity contribution in [2.24, 2.45) is 11.1 Å². The Kier molecular flexibility index (Phi) is 2.95. The third-order valence-electron chi connectivity index (χ3n) is 2.58. The number of aromatic nitrogens is 1. The molecule has 2 aromatic rings. The molecule has 2 nitrogen and oxygen atoms in total. The lowest BCUT2D eigenvalue weighted by molar-refractivity contribution is 0.326. The van der Waals surface area contributed by atoms with E-state index in [9.17, 15) is 0 Å². The maximum Gasteiger partial charge on any atom is 0.111 e. The highest BCUT2D eigenvalue weighted by molar-refractivity contribution is 7.19. The molecule has 0 aliphatic rings. The van der Waals surface area contributed by atoms with E-state index in [2.05, 4.69) is 25.8 Å². The Hall–Kier alpha value is -0.640. The molecule has 0 radical (unpaired) electrons. The third kappa shape index (κ3) is 2.08. The molecule has 16 heavy (non-hydrogen) atoms. The zero-order valence-corrected chi connectivity index (χ0v) is 11.2. The number of halogens is 1. The van der Waals surface area contributed by atoms with Crippen molar-refractivity contribution in [3.8, 4) is 0 Å². The zero-order chi connectivity index (χ0) is 11.9. The van der Waals surface area contributed by atoms with E-state index in [1.54, 1.807) is 11.3 Å². The molecule has 2 N–H and O–H groups in total. The van der Waals surface area contributed by atoms with Crippen LogP contribution in [0.4, 0.5) is 0 Å². The molecule has 0 fully saturated rings. The third-order valence-corrected chi connectivity index (χ3v) is 4.20. The van der Waals surface area contributed by atoms with Crippen molar-refractivity contribution in [1.29, 1.82) is 0 Å². The molecule has 0 saturated heterocycles. The maximum atomic E-state index is 6.19. The summed E-state index contributed by atoms with van der Waals surface area (Å²) in [5, 5.41) is 1.71. The van der Waals surface area contributed by atoms with E-state index in [1.807, 2.05) is 18.2 Å². The van der Waals surface area contributed by atoms with Gasteiger partial charge in [0, 0.05) is 0 Å². The lowest BCUT2D eigenvalue weighted by Crippen LogP contribution is -2.25. The molecule has 0 aliphatic carbocycles. The average Bonchev–Trinajstić information content (AvgIpc) is 2.60. The monoisotopic (exact) mass is 254 g/mol. The van der Waals surface area contributed by atoms with Gasteiger partial charge in [-0.05, 0) is 17.5 Å². The summed E-state index contributed by atoms with van der Waals surface area (Å²) in [5.41, 5.74) is 7.14. The summed E-state index contributed by atoms with van der Waals surface area (Å²) in [6.45, 7) is 6.35. The summed E-state index contributed by atoms with van der Waals surface area (Å²) in [6.07, 6.45) is 0. The Morgan fingerprint density at radius 1 is 1.38 bits per heavy atom. The second kappa shape index (κ2) is 3.99. The molecular formula is C12H15ClN2S. The van der Waals surface area contributed by atoms with Crippen molar-refractivity contribution in [3.05, 3.63) is 28.2 Å². The molecular weight excluding hydrogens is 240 g/mol. The van der Waals surface area contributed by atoms with Crippen LogP contribution in [0.3, 0.4) is 0 Å². The summed E-state index contributed by atoms with van der Waals surface area (Å²) >= 11 is 7.71. The highest BCUT2D eigenvalue weighted by Crippen LogP contribution is 2.37. The summed E-state index contributed by atoms with van der Waals surface area (Å²) < 4.78 is 1.03. The van der Waals surface area contributed by atoms with Crippen LogP contribution in [0, 0.1) is 5.41 Å². The van der Waals surface area contributed by atoms with Gasteiger partial charge in [-0.1, -0.05) is 38.4 Å². The van der Waals surface area contributed by atoms with Crippen molar-refractivity contribution in [1.82, 2.24) is 4.98 Å². The van der Waals surface area contributed by atoms with E-state index in [0.29, 0.717) is 0 Å². The first-order valence-electron chi connectivity index (χ1n) is 5.20. The van der Waals surface area contributed by atoms with Crippen LogP contribution in [-0.2, 0) is 0 Å². The van der Waals surface area contributed by atoms with Gasteiger partial charge in [0.05, 0.1) is 21.3 Å². The first-order valence-corrected chi connectivity index (χ1v) is 6.39. The van der Waals surface area contributed by atoms with Gasteiger partial charge in [0.25, 0.3) is 0 Å². The van der Waals surface area contributed by atoms with Crippen LogP contribution in [-0.4, -0.2) is 4.98 Å². The second-order valence-electron chi connectivity index (χ2n) is 4.98. The quantitative estimate of drug-likeness (QED) is 0.836. The van der Waals surface area contributed by atoms with Crippen LogP contribution in [0.2, 0.25) is 5.02 Å². The summed E-state index contributed by atoms with van der Waals surface area (Å²) in [6, 6.07) is 5.71. The molecule has 0 saturated carbocycles. The molecule has 1 unspecified atom stereocenters. The Bertz CT molecular complexity index is 513. The number of nitrogens with zero attached hydrogens (tertiary/aromatic N) is 1. The Morgan fingerprint density at radius 3 is 2.62 bits per heavy atom. The molecule has 1 aromatic heterocycles. The van der Waals surface area contributed by atoms with Crippen LogP contribution in [0.1, 0.15) is 31.8 Å². The number of rotatable bonds is 1. The standard InChI is InChI=1S/C12H15ClN2S/c1-12(2,3)10(14)11-15-8-6-4-5-7(13)9(8)16-11/h4-6,10H,14H2,1-3H3. The average molecular weight is 255 g/mol. The van der Waals surface area contributed by atoms with Crippen LogP contribution in [0.25, 0.3) is 10.2 Å². The van der Waals surface area contributed by atoms with E-state index in [1.165, 1.54) is 0 Å². The van der Waals surface area contributed by atoms with E-state index >= 15 is 0 Å². The minimum atomic E-state index is -0.0547. The van der Waals surface area contributed by atoms with Gasteiger partial charge in [-0.2, -0.15) is 0 Å². The summed E-state index contributed by atoms with van der Waals surface area (Å²) in [4.78, 5) is 4.55. The first kappa shape index (κ1) is 11.8. The van der Waals surface area contributed by atoms with Gasteiger partial charge in [0.15, 0.2) is 0 Å². The molecule has 1 heterocycles. The fourth-order valence-electron chi connectivity index (χ4n) is 1.44. The fourth-order valence-corrected chi connectivity index (χ4v) is 2.94. The highest BCUT2D eigenvalue weighted by atomic mass is 35.5. The summed E-state index contributed by atoms with van der Waals surface area (Å²) in [7, 11) is 0. The maximum absolute atomic E-state index is 6.19. The van der Waals surface area contributed by atoms with Gasteiger partial charge in [-0.15, -0.1) is 11.3 Å². The predicted octanol–water partition coefficient (Wildman–Crippen LogP) is 4.00. The van der Waals surface area contributed by atoms with Gasteiger partial charge in [0.2, 0.25) is 0 Å². The van der Waals surface area contributed by atoms with Crippen molar-refractivity contribution in [2.45, 2.75) is 26.8 Å². The van der Waals surface area contributed by atoms with Gasteiger partial charge < -0.3 is 5.73 Å². The predicted molar refractivity (Wildman–Crippen MR) is 71.0 cm³/mol. The number of benzene rings is 1. The number of thiazole rings is 1. The van der Waals surface area contributed by atoms with E-state index in [-0.39, 0.29) is 11.5 Å². The lowest BCUT2D eigenvalue weighted by atomic mass is 9.88. The largest absolute Gasteiger partial charge is 0.322 e. The van der Waals surface area contributed by atoms with Crippen LogP contribution in [0.5, 0.6) is 0 Å². The number of hydrogen-bond acceptors (Lipinski definition) is 3. The van der Waals surface area contributed by atoms with Crippen molar-refractivity contribution >= 4 is 33.2 Å². The molecule has 0 spiro atoms. The Morgan fingerprint density at radius 2 is 2.06 bits per heavy atom. The smallest absolute Gasteiger partial charge is 0.111 e. The normalized spacial score (nSPS) is 14.3. The highest BCUT2D eigenvalue weighted by Gasteiger charge is 2.25. The Labute approximate surface area is 104 Å². The van der Waals surface area contributed by atoms with E-state index in [0.717, 1.165) is 20.2 Å². The molecule has 1 atom stereocenters.